The summed E-state index contributed by atoms with van der Waals surface area (Å²) in [5.41, 5.74) is 5.37. The fourth-order valence-corrected chi connectivity index (χ4v) is 4.51. The Morgan fingerprint density at radius 2 is 1.83 bits per heavy atom. The smallest absolute Gasteiger partial charge is 0.162 e. The Hall–Kier alpha value is -2.76. The second-order valence-corrected chi connectivity index (χ2v) is 8.39. The molecule has 3 aromatic carbocycles. The highest BCUT2D eigenvalue weighted by atomic mass is 35.5. The Morgan fingerprint density at radius 3 is 2.57 bits per heavy atom. The number of aryl methyl sites for hydroxylation is 1. The van der Waals surface area contributed by atoms with Gasteiger partial charge in [-0.05, 0) is 67.4 Å². The van der Waals surface area contributed by atoms with E-state index in [2.05, 4.69) is 54.7 Å². The molecule has 0 amide bonds. The third-order valence-electron chi connectivity index (χ3n) is 4.79. The van der Waals surface area contributed by atoms with Crippen molar-refractivity contribution in [3.8, 4) is 22.1 Å². The maximum atomic E-state index is 6.42. The number of halogens is 1. The third kappa shape index (κ3) is 4.37. The molecule has 4 aromatic rings. The van der Waals surface area contributed by atoms with Gasteiger partial charge in [-0.15, -0.1) is 11.3 Å². The van der Waals surface area contributed by atoms with Crippen LogP contribution in [0.2, 0.25) is 5.02 Å². The number of thiazole rings is 1. The van der Waals surface area contributed by atoms with E-state index in [0.29, 0.717) is 29.7 Å². The van der Waals surface area contributed by atoms with Crippen LogP contribution in [0.1, 0.15) is 18.1 Å². The monoisotopic (exact) mass is 438 g/mol. The summed E-state index contributed by atoms with van der Waals surface area (Å²) in [6.07, 6.45) is 0. The molecule has 0 unspecified atom stereocenters. The van der Waals surface area contributed by atoms with E-state index in [4.69, 9.17) is 26.1 Å². The van der Waals surface area contributed by atoms with E-state index in [1.54, 1.807) is 24.5 Å². The summed E-state index contributed by atoms with van der Waals surface area (Å²) >= 11 is 8.14. The van der Waals surface area contributed by atoms with Crippen molar-refractivity contribution in [3.63, 3.8) is 0 Å². The van der Waals surface area contributed by atoms with Gasteiger partial charge in [0.15, 0.2) is 11.5 Å². The van der Waals surface area contributed by atoms with Gasteiger partial charge in [-0.1, -0.05) is 17.7 Å². The standard InChI is InChI=1S/C24H23ClN2O2S/c1-4-29-22-12-17(19(25)13-21(22)28-3)14-26-18-8-6-16(7-9-18)24-27-20-10-5-15(2)11-23(20)30-24/h5-13,26H,4,14H2,1-3H3. The van der Waals surface area contributed by atoms with Gasteiger partial charge in [0, 0.05) is 28.9 Å². The molecule has 0 fully saturated rings. The zero-order valence-corrected chi connectivity index (χ0v) is 18.7. The van der Waals surface area contributed by atoms with E-state index in [1.165, 1.54) is 10.3 Å². The van der Waals surface area contributed by atoms with Gasteiger partial charge in [-0.2, -0.15) is 0 Å². The van der Waals surface area contributed by atoms with Crippen LogP contribution in [-0.4, -0.2) is 18.7 Å². The van der Waals surface area contributed by atoms with Crippen LogP contribution in [0.4, 0.5) is 5.69 Å². The van der Waals surface area contributed by atoms with E-state index in [9.17, 15) is 0 Å². The van der Waals surface area contributed by atoms with Crippen molar-refractivity contribution < 1.29 is 9.47 Å². The number of benzene rings is 3. The summed E-state index contributed by atoms with van der Waals surface area (Å²) in [7, 11) is 1.61. The fourth-order valence-electron chi connectivity index (χ4n) is 3.22. The zero-order chi connectivity index (χ0) is 21.1. The summed E-state index contributed by atoms with van der Waals surface area (Å²) in [6.45, 7) is 5.20. The molecule has 0 saturated heterocycles. The van der Waals surface area contributed by atoms with Crippen LogP contribution in [0.3, 0.4) is 0 Å². The second kappa shape index (κ2) is 8.94. The number of nitrogens with zero attached hydrogens (tertiary/aromatic N) is 1. The van der Waals surface area contributed by atoms with Gasteiger partial charge in [0.25, 0.3) is 0 Å². The van der Waals surface area contributed by atoms with Crippen molar-refractivity contribution in [1.82, 2.24) is 4.98 Å². The van der Waals surface area contributed by atoms with Crippen molar-refractivity contribution in [2.24, 2.45) is 0 Å². The molecular formula is C24H23ClN2O2S. The van der Waals surface area contributed by atoms with Gasteiger partial charge in [0.1, 0.15) is 5.01 Å². The lowest BCUT2D eigenvalue weighted by atomic mass is 10.1. The van der Waals surface area contributed by atoms with Crippen molar-refractivity contribution in [1.29, 1.82) is 0 Å². The number of fused-ring (bicyclic) bond motifs is 1. The van der Waals surface area contributed by atoms with Crippen molar-refractivity contribution in [2.75, 3.05) is 19.0 Å². The highest BCUT2D eigenvalue weighted by molar-refractivity contribution is 7.21. The molecule has 4 nitrogen and oxygen atoms in total. The zero-order valence-electron chi connectivity index (χ0n) is 17.2. The number of ether oxygens (including phenoxy) is 2. The highest BCUT2D eigenvalue weighted by Gasteiger charge is 2.11. The summed E-state index contributed by atoms with van der Waals surface area (Å²) in [4.78, 5) is 4.76. The van der Waals surface area contributed by atoms with Crippen LogP contribution in [0.5, 0.6) is 11.5 Å². The lowest BCUT2D eigenvalue weighted by Crippen LogP contribution is -2.02. The summed E-state index contributed by atoms with van der Waals surface area (Å²) < 4.78 is 12.2. The summed E-state index contributed by atoms with van der Waals surface area (Å²) in [5, 5.41) is 5.10. The minimum Gasteiger partial charge on any atom is -0.493 e. The minimum absolute atomic E-state index is 0.567. The molecular weight excluding hydrogens is 416 g/mol. The number of anilines is 1. The molecule has 4 rings (SSSR count). The number of rotatable bonds is 7. The van der Waals surface area contributed by atoms with Crippen molar-refractivity contribution >= 4 is 38.8 Å². The molecule has 154 valence electrons. The van der Waals surface area contributed by atoms with Crippen LogP contribution in [0.15, 0.2) is 54.6 Å². The van der Waals surface area contributed by atoms with Gasteiger partial charge in [0.05, 0.1) is 23.9 Å². The number of hydrogen-bond donors (Lipinski definition) is 1. The van der Waals surface area contributed by atoms with Gasteiger partial charge in [-0.3, -0.25) is 0 Å². The van der Waals surface area contributed by atoms with Crippen molar-refractivity contribution in [3.05, 3.63) is 70.7 Å². The molecule has 0 atom stereocenters. The number of aromatic nitrogens is 1. The lowest BCUT2D eigenvalue weighted by molar-refractivity contribution is 0.310. The quantitative estimate of drug-likeness (QED) is 0.339. The van der Waals surface area contributed by atoms with E-state index in [0.717, 1.165) is 27.3 Å². The molecule has 1 N–H and O–H groups in total. The van der Waals surface area contributed by atoms with Gasteiger partial charge >= 0.3 is 0 Å². The Bertz CT molecular complexity index is 1170. The summed E-state index contributed by atoms with van der Waals surface area (Å²) in [6, 6.07) is 18.4. The first-order valence-corrected chi connectivity index (χ1v) is 11.0. The maximum absolute atomic E-state index is 6.42. The third-order valence-corrected chi connectivity index (χ3v) is 6.21. The van der Waals surface area contributed by atoms with Crippen LogP contribution in [-0.2, 0) is 6.54 Å². The number of hydrogen-bond acceptors (Lipinski definition) is 5. The molecule has 0 bridgehead atoms. The van der Waals surface area contributed by atoms with Crippen molar-refractivity contribution in [2.45, 2.75) is 20.4 Å². The SMILES string of the molecule is CCOc1cc(CNc2ccc(-c3nc4ccc(C)cc4s3)cc2)c(Cl)cc1OC. The first-order chi connectivity index (χ1) is 14.6. The molecule has 0 aliphatic heterocycles. The Kier molecular flexibility index (Phi) is 6.11. The average molecular weight is 439 g/mol. The Balaban J connectivity index is 1.49. The first-order valence-electron chi connectivity index (χ1n) is 9.78. The maximum Gasteiger partial charge on any atom is 0.162 e. The largest absolute Gasteiger partial charge is 0.493 e. The van der Waals surface area contributed by atoms with Gasteiger partial charge in [-0.25, -0.2) is 4.98 Å². The molecule has 1 aromatic heterocycles. The molecule has 30 heavy (non-hydrogen) atoms. The molecule has 0 aliphatic rings. The lowest BCUT2D eigenvalue weighted by Gasteiger charge is -2.14. The van der Waals surface area contributed by atoms with Crippen LogP contribution < -0.4 is 14.8 Å². The predicted molar refractivity (Wildman–Crippen MR) is 126 cm³/mol. The van der Waals surface area contributed by atoms with E-state index in [1.807, 2.05) is 13.0 Å². The van der Waals surface area contributed by atoms with Gasteiger partial charge < -0.3 is 14.8 Å². The normalized spacial score (nSPS) is 10.9. The Labute approximate surface area is 185 Å². The molecule has 1 heterocycles. The van der Waals surface area contributed by atoms with E-state index >= 15 is 0 Å². The van der Waals surface area contributed by atoms with Crippen LogP contribution >= 0.6 is 22.9 Å². The predicted octanol–water partition coefficient (Wildman–Crippen LogP) is 6.94. The highest BCUT2D eigenvalue weighted by Crippen LogP contribution is 2.34. The van der Waals surface area contributed by atoms with Crippen LogP contribution in [0, 0.1) is 6.92 Å². The second-order valence-electron chi connectivity index (χ2n) is 6.95. The van der Waals surface area contributed by atoms with Crippen LogP contribution in [0.25, 0.3) is 20.8 Å². The molecule has 6 heteroatoms. The molecule has 0 spiro atoms. The minimum atomic E-state index is 0.567. The number of nitrogens with one attached hydrogen (secondary N) is 1. The van der Waals surface area contributed by atoms with E-state index in [-0.39, 0.29) is 0 Å². The van der Waals surface area contributed by atoms with Gasteiger partial charge in [0.2, 0.25) is 0 Å². The molecule has 0 saturated carbocycles. The average Bonchev–Trinajstić information content (AvgIpc) is 3.17. The fraction of sp³-hybridized carbons (Fsp3) is 0.208. The van der Waals surface area contributed by atoms with E-state index < -0.39 is 0 Å². The number of methoxy groups -OCH3 is 1. The molecule has 0 aliphatic carbocycles. The topological polar surface area (TPSA) is 43.4 Å². The Morgan fingerprint density at radius 1 is 1.03 bits per heavy atom. The first kappa shape index (κ1) is 20.5. The summed E-state index contributed by atoms with van der Waals surface area (Å²) in [5.74, 6) is 1.34. The molecule has 0 radical (unpaired) electrons.